The van der Waals surface area contributed by atoms with E-state index in [1.165, 1.54) is 23.9 Å². The van der Waals surface area contributed by atoms with Crippen molar-refractivity contribution in [3.05, 3.63) is 62.9 Å². The number of hydrogen-bond acceptors (Lipinski definition) is 4. The zero-order chi connectivity index (χ0) is 17.7. The van der Waals surface area contributed by atoms with Crippen LogP contribution in [-0.2, 0) is 18.4 Å². The largest absolute Gasteiger partial charge is 0.494 e. The zero-order valence-electron chi connectivity index (χ0n) is 14.0. The molecule has 1 aromatic carbocycles. The molecule has 0 unspecified atom stereocenters. The van der Waals surface area contributed by atoms with Gasteiger partial charge in [-0.25, -0.2) is 4.79 Å². The van der Waals surface area contributed by atoms with Crippen LogP contribution in [0.15, 0.2) is 46.1 Å². The van der Waals surface area contributed by atoms with Gasteiger partial charge in [0.15, 0.2) is 0 Å². The second kappa shape index (κ2) is 7.63. The van der Waals surface area contributed by atoms with E-state index < -0.39 is 11.2 Å². The number of carbonyl (C=O) groups excluding carboxylic acids is 1. The zero-order valence-corrected chi connectivity index (χ0v) is 14.0. The molecule has 0 saturated carbocycles. The summed E-state index contributed by atoms with van der Waals surface area (Å²) in [5.41, 5.74) is 0.00500. The van der Waals surface area contributed by atoms with Crippen molar-refractivity contribution in [1.29, 1.82) is 0 Å². The van der Waals surface area contributed by atoms with Gasteiger partial charge in [-0.1, -0.05) is 12.1 Å². The van der Waals surface area contributed by atoms with Crippen LogP contribution in [-0.4, -0.2) is 21.6 Å². The van der Waals surface area contributed by atoms with Crippen LogP contribution in [0.25, 0.3) is 0 Å². The smallest absolute Gasteiger partial charge is 0.331 e. The Kier molecular flexibility index (Phi) is 5.57. The summed E-state index contributed by atoms with van der Waals surface area (Å²) in [5.74, 6) is 0.466. The van der Waals surface area contributed by atoms with Crippen LogP contribution < -0.4 is 21.3 Å². The van der Waals surface area contributed by atoms with Gasteiger partial charge in [-0.15, -0.1) is 0 Å². The Hall–Kier alpha value is -2.83. The van der Waals surface area contributed by atoms with Crippen LogP contribution >= 0.6 is 0 Å². The van der Waals surface area contributed by atoms with Crippen molar-refractivity contribution in [3.8, 4) is 5.75 Å². The fraction of sp³-hybridized carbons (Fsp3) is 0.353. The molecule has 0 saturated heterocycles. The number of benzene rings is 1. The first-order valence-corrected chi connectivity index (χ1v) is 7.71. The highest BCUT2D eigenvalue weighted by Crippen LogP contribution is 2.17. The van der Waals surface area contributed by atoms with Crippen LogP contribution in [0.5, 0.6) is 5.75 Å². The molecule has 1 N–H and O–H groups in total. The third-order valence-electron chi connectivity index (χ3n) is 3.64. The van der Waals surface area contributed by atoms with E-state index >= 15 is 0 Å². The Morgan fingerprint density at radius 2 is 1.88 bits per heavy atom. The quantitative estimate of drug-likeness (QED) is 0.850. The summed E-state index contributed by atoms with van der Waals surface area (Å²) in [6.07, 6.45) is 1.33. The van der Waals surface area contributed by atoms with Gasteiger partial charge in [0.05, 0.1) is 12.6 Å². The van der Waals surface area contributed by atoms with Gasteiger partial charge in [0.1, 0.15) is 12.3 Å². The monoisotopic (exact) mass is 331 g/mol. The molecule has 0 aliphatic rings. The molecule has 7 heteroatoms. The summed E-state index contributed by atoms with van der Waals surface area (Å²) >= 11 is 0. The minimum atomic E-state index is -0.522. The van der Waals surface area contributed by atoms with Gasteiger partial charge in [0.25, 0.3) is 5.56 Å². The van der Waals surface area contributed by atoms with Gasteiger partial charge in [0, 0.05) is 19.3 Å². The highest BCUT2D eigenvalue weighted by atomic mass is 16.5. The Morgan fingerprint density at radius 1 is 1.21 bits per heavy atom. The lowest BCUT2D eigenvalue weighted by Crippen LogP contribution is -2.40. The van der Waals surface area contributed by atoms with Crippen LogP contribution in [0.3, 0.4) is 0 Å². The molecule has 1 heterocycles. The van der Waals surface area contributed by atoms with E-state index in [2.05, 4.69) is 5.32 Å². The molecule has 1 atom stereocenters. The molecule has 1 aromatic heterocycles. The van der Waals surface area contributed by atoms with Crippen molar-refractivity contribution in [2.75, 3.05) is 6.61 Å². The minimum absolute atomic E-state index is 0.145. The Balaban J connectivity index is 2.02. The number of hydrogen-bond donors (Lipinski definition) is 1. The van der Waals surface area contributed by atoms with E-state index in [-0.39, 0.29) is 18.5 Å². The number of nitrogens with zero attached hydrogens (tertiary/aromatic N) is 2. The molecule has 7 nitrogen and oxygen atoms in total. The average molecular weight is 331 g/mol. The standard InChI is InChI=1S/C17H21N3O4/c1-4-24-14-7-5-13(6-8-14)12(2)18-15(21)11-20-10-9-16(22)19(3)17(20)23/h5-10,12H,4,11H2,1-3H3,(H,18,21)/t12-/m0/s1. The van der Waals surface area contributed by atoms with Crippen molar-refractivity contribution < 1.29 is 9.53 Å². The summed E-state index contributed by atoms with van der Waals surface area (Å²) in [6.45, 7) is 4.23. The molecule has 0 aliphatic heterocycles. The SMILES string of the molecule is CCOc1ccc([C@H](C)NC(=O)Cn2ccc(=O)n(C)c2=O)cc1. The van der Waals surface area contributed by atoms with E-state index in [0.29, 0.717) is 6.61 Å². The lowest BCUT2D eigenvalue weighted by molar-refractivity contribution is -0.122. The number of amides is 1. The fourth-order valence-corrected chi connectivity index (χ4v) is 2.28. The highest BCUT2D eigenvalue weighted by Gasteiger charge is 2.11. The third kappa shape index (κ3) is 4.13. The first-order valence-electron chi connectivity index (χ1n) is 7.71. The van der Waals surface area contributed by atoms with E-state index in [1.54, 1.807) is 0 Å². The Bertz CT molecular complexity index is 821. The maximum Gasteiger partial charge on any atom is 0.331 e. The van der Waals surface area contributed by atoms with E-state index in [4.69, 9.17) is 4.74 Å². The first-order chi connectivity index (χ1) is 11.4. The Morgan fingerprint density at radius 3 is 2.50 bits per heavy atom. The van der Waals surface area contributed by atoms with E-state index in [9.17, 15) is 14.4 Å². The third-order valence-corrected chi connectivity index (χ3v) is 3.64. The molecule has 0 aliphatic carbocycles. The van der Waals surface area contributed by atoms with Crippen LogP contribution in [0.4, 0.5) is 0 Å². The van der Waals surface area contributed by atoms with Crippen molar-refractivity contribution in [2.45, 2.75) is 26.4 Å². The maximum atomic E-state index is 12.1. The number of nitrogens with one attached hydrogen (secondary N) is 1. The lowest BCUT2D eigenvalue weighted by Gasteiger charge is -2.15. The van der Waals surface area contributed by atoms with Gasteiger partial charge in [0.2, 0.25) is 5.91 Å². The van der Waals surface area contributed by atoms with Crippen molar-refractivity contribution in [3.63, 3.8) is 0 Å². The molecule has 0 fully saturated rings. The second-order valence-corrected chi connectivity index (χ2v) is 5.41. The number of carbonyl (C=O) groups is 1. The van der Waals surface area contributed by atoms with Gasteiger partial charge in [-0.2, -0.15) is 0 Å². The molecular weight excluding hydrogens is 310 g/mol. The van der Waals surface area contributed by atoms with Crippen molar-refractivity contribution in [2.24, 2.45) is 7.05 Å². The van der Waals surface area contributed by atoms with Gasteiger partial charge in [-0.3, -0.25) is 18.7 Å². The topological polar surface area (TPSA) is 82.3 Å². The normalized spacial score (nSPS) is 11.8. The number of rotatable bonds is 6. The second-order valence-electron chi connectivity index (χ2n) is 5.41. The molecule has 0 spiro atoms. The Labute approximate surface area is 139 Å². The predicted octanol–water partition coefficient (Wildman–Crippen LogP) is 0.823. The highest BCUT2D eigenvalue weighted by molar-refractivity contribution is 5.76. The molecule has 1 amide bonds. The summed E-state index contributed by atoms with van der Waals surface area (Å²) < 4.78 is 7.54. The van der Waals surface area contributed by atoms with Crippen LogP contribution in [0.2, 0.25) is 0 Å². The molecular formula is C17H21N3O4. The number of aromatic nitrogens is 2. The maximum absolute atomic E-state index is 12.1. The van der Waals surface area contributed by atoms with Crippen molar-refractivity contribution in [1.82, 2.24) is 14.5 Å². The summed E-state index contributed by atoms with van der Waals surface area (Å²) in [5, 5.41) is 2.83. The van der Waals surface area contributed by atoms with E-state index in [0.717, 1.165) is 15.9 Å². The van der Waals surface area contributed by atoms with Crippen LogP contribution in [0, 0.1) is 0 Å². The average Bonchev–Trinajstić information content (AvgIpc) is 2.56. The summed E-state index contributed by atoms with van der Waals surface area (Å²) in [4.78, 5) is 35.4. The summed E-state index contributed by atoms with van der Waals surface area (Å²) in [7, 11) is 1.38. The minimum Gasteiger partial charge on any atom is -0.494 e. The molecule has 0 radical (unpaired) electrons. The molecule has 2 rings (SSSR count). The van der Waals surface area contributed by atoms with E-state index in [1.807, 2.05) is 38.1 Å². The summed E-state index contributed by atoms with van der Waals surface area (Å²) in [6, 6.07) is 8.50. The molecule has 24 heavy (non-hydrogen) atoms. The first kappa shape index (κ1) is 17.5. The van der Waals surface area contributed by atoms with Gasteiger partial charge >= 0.3 is 5.69 Å². The predicted molar refractivity (Wildman–Crippen MR) is 90.1 cm³/mol. The molecule has 128 valence electrons. The van der Waals surface area contributed by atoms with Gasteiger partial charge < -0.3 is 10.1 Å². The van der Waals surface area contributed by atoms with Gasteiger partial charge in [-0.05, 0) is 31.5 Å². The number of ether oxygens (including phenoxy) is 1. The van der Waals surface area contributed by atoms with Crippen molar-refractivity contribution >= 4 is 5.91 Å². The molecule has 2 aromatic rings. The lowest BCUT2D eigenvalue weighted by atomic mass is 10.1. The fourth-order valence-electron chi connectivity index (χ4n) is 2.28. The van der Waals surface area contributed by atoms with Crippen LogP contribution in [0.1, 0.15) is 25.5 Å². The molecule has 0 bridgehead atoms.